The van der Waals surface area contributed by atoms with Crippen LogP contribution in [0.4, 0.5) is 4.39 Å². The zero-order chi connectivity index (χ0) is 17.6. The molecule has 2 aromatic heterocycles. The molecule has 8 heteroatoms. The molecule has 132 valence electrons. The maximum absolute atomic E-state index is 13.9. The third-order valence-electron chi connectivity index (χ3n) is 4.36. The number of morpholine rings is 1. The Labute approximate surface area is 148 Å². The number of aromatic nitrogens is 3. The summed E-state index contributed by atoms with van der Waals surface area (Å²) < 4.78 is 21.1. The average molecular weight is 362 g/mol. The van der Waals surface area contributed by atoms with Gasteiger partial charge >= 0.3 is 0 Å². The fourth-order valence-electron chi connectivity index (χ4n) is 3.51. The maximum Gasteiger partial charge on any atom is 0.230 e. The SMILES string of the molecule is C[C@@H]1CN([C@H](c2cccc(F)c2)c2sc3ncnn3c2O)C[C@H](C)O1. The number of fused-ring (bicyclic) bond motifs is 1. The van der Waals surface area contributed by atoms with Gasteiger partial charge in [0.15, 0.2) is 0 Å². The largest absolute Gasteiger partial charge is 0.492 e. The topological polar surface area (TPSA) is 62.9 Å². The van der Waals surface area contributed by atoms with Crippen molar-refractivity contribution >= 4 is 16.3 Å². The average Bonchev–Trinajstić information content (AvgIpc) is 3.11. The van der Waals surface area contributed by atoms with Crippen LogP contribution < -0.4 is 0 Å². The molecule has 0 unspecified atom stereocenters. The summed E-state index contributed by atoms with van der Waals surface area (Å²) in [6.07, 6.45) is 1.53. The Kier molecular flexibility index (Phi) is 4.18. The lowest BCUT2D eigenvalue weighted by atomic mass is 10.0. The first kappa shape index (κ1) is 16.4. The van der Waals surface area contributed by atoms with Gasteiger partial charge in [0.2, 0.25) is 10.8 Å². The van der Waals surface area contributed by atoms with Crippen LogP contribution in [0.3, 0.4) is 0 Å². The third kappa shape index (κ3) is 3.01. The van der Waals surface area contributed by atoms with Crippen molar-refractivity contribution in [3.63, 3.8) is 0 Å². The lowest BCUT2D eigenvalue weighted by molar-refractivity contribution is -0.0764. The quantitative estimate of drug-likeness (QED) is 0.776. The fraction of sp³-hybridized carbons (Fsp3) is 0.412. The number of benzene rings is 1. The van der Waals surface area contributed by atoms with Crippen LogP contribution in [0.5, 0.6) is 5.88 Å². The molecule has 0 spiro atoms. The minimum absolute atomic E-state index is 0.0542. The van der Waals surface area contributed by atoms with Gasteiger partial charge in [0, 0.05) is 13.1 Å². The normalized spacial score (nSPS) is 23.2. The predicted octanol–water partition coefficient (Wildman–Crippen LogP) is 2.83. The summed E-state index contributed by atoms with van der Waals surface area (Å²) in [4.78, 5) is 7.71. The molecule has 3 heterocycles. The number of nitrogens with zero attached hydrogens (tertiary/aromatic N) is 4. The van der Waals surface area contributed by atoms with Gasteiger partial charge in [0.05, 0.1) is 23.1 Å². The van der Waals surface area contributed by atoms with E-state index in [0.717, 1.165) is 5.56 Å². The molecule has 1 saturated heterocycles. The highest BCUT2D eigenvalue weighted by Crippen LogP contribution is 2.40. The fourth-order valence-corrected chi connectivity index (χ4v) is 4.60. The zero-order valence-corrected chi connectivity index (χ0v) is 14.8. The predicted molar refractivity (Wildman–Crippen MR) is 92.4 cm³/mol. The van der Waals surface area contributed by atoms with Crippen molar-refractivity contribution in [3.05, 3.63) is 46.9 Å². The van der Waals surface area contributed by atoms with Crippen LogP contribution in [-0.4, -0.2) is 49.9 Å². The maximum atomic E-state index is 13.9. The molecule has 0 saturated carbocycles. The van der Waals surface area contributed by atoms with Crippen molar-refractivity contribution in [1.29, 1.82) is 0 Å². The second kappa shape index (κ2) is 6.36. The molecule has 0 bridgehead atoms. The van der Waals surface area contributed by atoms with Gasteiger partial charge in [-0.05, 0) is 31.5 Å². The highest BCUT2D eigenvalue weighted by molar-refractivity contribution is 7.17. The van der Waals surface area contributed by atoms with E-state index in [9.17, 15) is 9.50 Å². The monoisotopic (exact) mass is 362 g/mol. The Morgan fingerprint density at radius 2 is 2.08 bits per heavy atom. The summed E-state index contributed by atoms with van der Waals surface area (Å²) in [7, 11) is 0. The van der Waals surface area contributed by atoms with Gasteiger partial charge in [0.25, 0.3) is 0 Å². The number of thiazole rings is 1. The molecular formula is C17H19FN4O2S. The molecule has 1 N–H and O–H groups in total. The minimum atomic E-state index is -0.296. The highest BCUT2D eigenvalue weighted by atomic mass is 32.1. The van der Waals surface area contributed by atoms with E-state index in [4.69, 9.17) is 4.74 Å². The first-order valence-corrected chi connectivity index (χ1v) is 9.01. The van der Waals surface area contributed by atoms with E-state index in [-0.39, 0.29) is 29.9 Å². The number of halogens is 1. The minimum Gasteiger partial charge on any atom is -0.492 e. The van der Waals surface area contributed by atoms with Gasteiger partial charge in [-0.1, -0.05) is 23.5 Å². The van der Waals surface area contributed by atoms with Crippen molar-refractivity contribution in [2.24, 2.45) is 0 Å². The second-order valence-electron chi connectivity index (χ2n) is 6.41. The van der Waals surface area contributed by atoms with E-state index in [0.29, 0.717) is 22.9 Å². The van der Waals surface area contributed by atoms with Crippen LogP contribution >= 0.6 is 11.3 Å². The van der Waals surface area contributed by atoms with Gasteiger partial charge < -0.3 is 9.84 Å². The highest BCUT2D eigenvalue weighted by Gasteiger charge is 2.34. The number of aromatic hydroxyl groups is 1. The summed E-state index contributed by atoms with van der Waals surface area (Å²) in [5, 5.41) is 14.7. The molecule has 0 amide bonds. The first-order chi connectivity index (χ1) is 12.0. The number of hydrogen-bond donors (Lipinski definition) is 1. The van der Waals surface area contributed by atoms with Crippen molar-refractivity contribution < 1.29 is 14.2 Å². The molecule has 0 aliphatic carbocycles. The van der Waals surface area contributed by atoms with E-state index < -0.39 is 0 Å². The van der Waals surface area contributed by atoms with Crippen molar-refractivity contribution in [2.45, 2.75) is 32.1 Å². The molecule has 0 radical (unpaired) electrons. The van der Waals surface area contributed by atoms with Crippen LogP contribution in [0.2, 0.25) is 0 Å². The Morgan fingerprint density at radius 1 is 1.32 bits per heavy atom. The summed E-state index contributed by atoms with van der Waals surface area (Å²) in [6.45, 7) is 5.43. The molecule has 1 fully saturated rings. The molecular weight excluding hydrogens is 343 g/mol. The van der Waals surface area contributed by atoms with Crippen molar-refractivity contribution in [3.8, 4) is 5.88 Å². The van der Waals surface area contributed by atoms with Crippen LogP contribution in [-0.2, 0) is 4.74 Å². The molecule has 4 rings (SSSR count). The molecule has 1 aliphatic rings. The van der Waals surface area contributed by atoms with Gasteiger partial charge in [0.1, 0.15) is 12.1 Å². The van der Waals surface area contributed by atoms with Gasteiger partial charge in [-0.15, -0.1) is 0 Å². The van der Waals surface area contributed by atoms with Gasteiger partial charge in [-0.2, -0.15) is 9.61 Å². The third-order valence-corrected chi connectivity index (χ3v) is 5.45. The van der Waals surface area contributed by atoms with E-state index >= 15 is 0 Å². The molecule has 25 heavy (non-hydrogen) atoms. The number of ether oxygens (including phenoxy) is 1. The summed E-state index contributed by atoms with van der Waals surface area (Å²) >= 11 is 1.37. The molecule has 1 aromatic carbocycles. The van der Waals surface area contributed by atoms with Crippen molar-refractivity contribution in [1.82, 2.24) is 19.5 Å². The van der Waals surface area contributed by atoms with Gasteiger partial charge in [-0.25, -0.2) is 9.37 Å². The van der Waals surface area contributed by atoms with E-state index in [1.807, 2.05) is 19.9 Å². The molecule has 3 atom stereocenters. The molecule has 1 aliphatic heterocycles. The van der Waals surface area contributed by atoms with Crippen LogP contribution in [0, 0.1) is 5.82 Å². The van der Waals surface area contributed by atoms with Crippen LogP contribution in [0.15, 0.2) is 30.6 Å². The Bertz CT molecular complexity index is 886. The van der Waals surface area contributed by atoms with Crippen LogP contribution in [0.25, 0.3) is 4.96 Å². The summed E-state index contributed by atoms with van der Waals surface area (Å²) in [5.74, 6) is -0.241. The van der Waals surface area contributed by atoms with E-state index in [1.54, 1.807) is 6.07 Å². The smallest absolute Gasteiger partial charge is 0.230 e. The van der Waals surface area contributed by atoms with E-state index in [2.05, 4.69) is 15.0 Å². The van der Waals surface area contributed by atoms with Gasteiger partial charge in [-0.3, -0.25) is 4.90 Å². The van der Waals surface area contributed by atoms with Crippen LogP contribution in [0.1, 0.15) is 30.3 Å². The molecule has 3 aromatic rings. The zero-order valence-electron chi connectivity index (χ0n) is 14.0. The Balaban J connectivity index is 1.83. The van der Waals surface area contributed by atoms with Crippen molar-refractivity contribution in [2.75, 3.05) is 13.1 Å². The Morgan fingerprint density at radius 3 is 2.76 bits per heavy atom. The molecule has 6 nitrogen and oxygen atoms in total. The standard InChI is InChI=1S/C17H19FN4O2S/c1-10-7-21(8-11(2)24-10)14(12-4-3-5-13(18)6-12)15-16(23)22-17(25-15)19-9-20-22/h3-6,9-11,14,23H,7-8H2,1-2H3/t10-,11+,14-/m1/s1. The number of rotatable bonds is 3. The number of hydrogen-bond acceptors (Lipinski definition) is 6. The summed E-state index contributed by atoms with van der Waals surface area (Å²) in [6, 6.07) is 6.24. The lowest BCUT2D eigenvalue weighted by Crippen LogP contribution is -2.47. The summed E-state index contributed by atoms with van der Waals surface area (Å²) in [5.41, 5.74) is 0.793. The lowest BCUT2D eigenvalue weighted by Gasteiger charge is -2.40. The second-order valence-corrected chi connectivity index (χ2v) is 7.42. The van der Waals surface area contributed by atoms with E-state index in [1.165, 1.54) is 34.3 Å². The first-order valence-electron chi connectivity index (χ1n) is 8.19. The Hall–Kier alpha value is -2.03.